The number of rotatable bonds is 4. The number of esters is 1. The van der Waals surface area contributed by atoms with E-state index in [1.807, 2.05) is 0 Å². The molecule has 8 heteroatoms. The summed E-state index contributed by atoms with van der Waals surface area (Å²) in [5.41, 5.74) is -0.380. The Labute approximate surface area is 113 Å². The van der Waals surface area contributed by atoms with E-state index in [0.717, 1.165) is 18.3 Å². The number of nitro groups is 1. The molecule has 0 fully saturated rings. The van der Waals surface area contributed by atoms with Crippen molar-refractivity contribution in [3.05, 3.63) is 45.6 Å². The van der Waals surface area contributed by atoms with Crippen LogP contribution in [0.1, 0.15) is 10.4 Å². The maximum atomic E-state index is 11.5. The van der Waals surface area contributed by atoms with Crippen LogP contribution in [0.15, 0.2) is 30.0 Å². The van der Waals surface area contributed by atoms with Crippen LogP contribution in [-0.2, 0) is 4.74 Å². The van der Waals surface area contributed by atoms with Crippen molar-refractivity contribution in [3.8, 4) is 12.1 Å². The van der Waals surface area contributed by atoms with Gasteiger partial charge in [0.25, 0.3) is 5.69 Å². The van der Waals surface area contributed by atoms with Crippen LogP contribution in [0.3, 0.4) is 0 Å². The molecule has 8 nitrogen and oxygen atoms in total. The first-order valence-electron chi connectivity index (χ1n) is 5.17. The molecule has 0 saturated heterocycles. The molecule has 0 aliphatic heterocycles. The fourth-order valence-corrected chi connectivity index (χ4v) is 1.29. The van der Waals surface area contributed by atoms with Crippen LogP contribution in [-0.4, -0.2) is 18.0 Å². The minimum absolute atomic E-state index is 0.0459. The third kappa shape index (κ3) is 3.31. The number of nitrogens with one attached hydrogen (secondary N) is 1. The van der Waals surface area contributed by atoms with Crippen LogP contribution in [0.5, 0.6) is 0 Å². The molecule has 1 aromatic carbocycles. The molecule has 1 N–H and O–H groups in total. The second kappa shape index (κ2) is 6.52. The Bertz CT molecular complexity index is 651. The normalized spacial score (nSPS) is 8.75. The molecule has 1 rings (SSSR count). The predicted octanol–water partition coefficient (Wildman–Crippen LogP) is 1.72. The first-order valence-corrected chi connectivity index (χ1v) is 5.17. The van der Waals surface area contributed by atoms with Gasteiger partial charge in [-0.25, -0.2) is 4.79 Å². The van der Waals surface area contributed by atoms with Crippen LogP contribution in [0.2, 0.25) is 0 Å². The van der Waals surface area contributed by atoms with Gasteiger partial charge in [-0.1, -0.05) is 0 Å². The number of nitriles is 2. The van der Waals surface area contributed by atoms with Crippen molar-refractivity contribution in [2.45, 2.75) is 0 Å². The van der Waals surface area contributed by atoms with Gasteiger partial charge in [0.15, 0.2) is 0 Å². The highest BCUT2D eigenvalue weighted by molar-refractivity contribution is 5.96. The maximum absolute atomic E-state index is 11.5. The summed E-state index contributed by atoms with van der Waals surface area (Å²) >= 11 is 0. The lowest BCUT2D eigenvalue weighted by molar-refractivity contribution is -0.384. The van der Waals surface area contributed by atoms with Crippen molar-refractivity contribution in [1.82, 2.24) is 0 Å². The predicted molar refractivity (Wildman–Crippen MR) is 67.4 cm³/mol. The van der Waals surface area contributed by atoms with E-state index in [4.69, 9.17) is 10.5 Å². The lowest BCUT2D eigenvalue weighted by atomic mass is 10.1. The van der Waals surface area contributed by atoms with Crippen LogP contribution >= 0.6 is 0 Å². The highest BCUT2D eigenvalue weighted by Crippen LogP contribution is 2.23. The molecule has 0 aliphatic rings. The van der Waals surface area contributed by atoms with Crippen molar-refractivity contribution >= 4 is 17.3 Å². The zero-order valence-electron chi connectivity index (χ0n) is 10.3. The number of nitrogens with zero attached hydrogens (tertiary/aromatic N) is 3. The molecule has 0 aromatic heterocycles. The topological polar surface area (TPSA) is 129 Å². The molecular formula is C12H8N4O4. The van der Waals surface area contributed by atoms with Gasteiger partial charge in [0, 0.05) is 18.3 Å². The van der Waals surface area contributed by atoms with E-state index in [2.05, 4.69) is 10.1 Å². The van der Waals surface area contributed by atoms with E-state index in [9.17, 15) is 14.9 Å². The van der Waals surface area contributed by atoms with E-state index in [1.165, 1.54) is 13.2 Å². The van der Waals surface area contributed by atoms with E-state index < -0.39 is 10.9 Å². The fourth-order valence-electron chi connectivity index (χ4n) is 1.29. The number of anilines is 1. The largest absolute Gasteiger partial charge is 0.465 e. The molecule has 0 unspecified atom stereocenters. The lowest BCUT2D eigenvalue weighted by Crippen LogP contribution is -2.06. The van der Waals surface area contributed by atoms with Crippen molar-refractivity contribution in [1.29, 1.82) is 10.5 Å². The molecule has 1 aromatic rings. The molecule has 0 radical (unpaired) electrons. The summed E-state index contributed by atoms with van der Waals surface area (Å²) in [6, 6.07) is 6.70. The van der Waals surface area contributed by atoms with E-state index >= 15 is 0 Å². The molecule has 0 bridgehead atoms. The molecular weight excluding hydrogens is 264 g/mol. The Morgan fingerprint density at radius 1 is 1.45 bits per heavy atom. The first kappa shape index (κ1) is 14.7. The lowest BCUT2D eigenvalue weighted by Gasteiger charge is -2.07. The highest BCUT2D eigenvalue weighted by Gasteiger charge is 2.16. The summed E-state index contributed by atoms with van der Waals surface area (Å²) in [7, 11) is 1.17. The SMILES string of the molecule is COC(=O)c1ccc([N+](=O)[O-])cc1NC=C(C#N)C#N. The zero-order chi connectivity index (χ0) is 15.1. The van der Waals surface area contributed by atoms with Gasteiger partial charge in [-0.2, -0.15) is 10.5 Å². The van der Waals surface area contributed by atoms with E-state index in [-0.39, 0.29) is 22.5 Å². The number of hydrogen-bond donors (Lipinski definition) is 1. The number of non-ortho nitro benzene ring substituents is 1. The summed E-state index contributed by atoms with van der Waals surface area (Å²) in [6.07, 6.45) is 1.05. The quantitative estimate of drug-likeness (QED) is 0.382. The zero-order valence-corrected chi connectivity index (χ0v) is 10.3. The molecule has 0 heterocycles. The molecule has 100 valence electrons. The molecule has 0 amide bonds. The summed E-state index contributed by atoms with van der Waals surface area (Å²) in [4.78, 5) is 21.6. The van der Waals surface area contributed by atoms with Gasteiger partial charge in [-0.15, -0.1) is 0 Å². The number of carbonyl (C=O) groups is 1. The molecule has 20 heavy (non-hydrogen) atoms. The molecule has 0 saturated carbocycles. The van der Waals surface area contributed by atoms with Gasteiger partial charge in [-0.3, -0.25) is 10.1 Å². The van der Waals surface area contributed by atoms with Gasteiger partial charge >= 0.3 is 5.97 Å². The summed E-state index contributed by atoms with van der Waals surface area (Å²) in [6.45, 7) is 0. The number of allylic oxidation sites excluding steroid dienone is 1. The van der Waals surface area contributed by atoms with Gasteiger partial charge in [0.05, 0.1) is 23.3 Å². The standard InChI is InChI=1S/C12H8N4O4/c1-20-12(17)10-3-2-9(16(18)19)4-11(10)15-7-8(5-13)6-14/h2-4,7,15H,1H3. The number of hydrogen-bond acceptors (Lipinski definition) is 7. The van der Waals surface area contributed by atoms with Crippen molar-refractivity contribution in [3.63, 3.8) is 0 Å². The Hall–Kier alpha value is -3.39. The van der Waals surface area contributed by atoms with Crippen molar-refractivity contribution < 1.29 is 14.5 Å². The summed E-state index contributed by atoms with van der Waals surface area (Å²) < 4.78 is 4.54. The fraction of sp³-hybridized carbons (Fsp3) is 0.0833. The van der Waals surface area contributed by atoms with Gasteiger partial charge in [-0.05, 0) is 6.07 Å². The van der Waals surface area contributed by atoms with Gasteiger partial charge < -0.3 is 10.1 Å². The van der Waals surface area contributed by atoms with Crippen LogP contribution < -0.4 is 5.32 Å². The van der Waals surface area contributed by atoms with Crippen LogP contribution in [0, 0.1) is 32.8 Å². The molecule has 0 atom stereocenters. The second-order valence-corrected chi connectivity index (χ2v) is 3.40. The minimum atomic E-state index is -0.703. The Kier molecular flexibility index (Phi) is 4.78. The van der Waals surface area contributed by atoms with Crippen LogP contribution in [0.4, 0.5) is 11.4 Å². The van der Waals surface area contributed by atoms with E-state index in [1.54, 1.807) is 12.1 Å². The Balaban J connectivity index is 3.26. The molecule has 0 spiro atoms. The summed E-state index contributed by atoms with van der Waals surface area (Å²) in [5, 5.41) is 30.4. The average molecular weight is 272 g/mol. The number of benzene rings is 1. The van der Waals surface area contributed by atoms with E-state index in [0.29, 0.717) is 0 Å². The Morgan fingerprint density at radius 3 is 2.60 bits per heavy atom. The number of methoxy groups -OCH3 is 1. The van der Waals surface area contributed by atoms with Crippen molar-refractivity contribution in [2.75, 3.05) is 12.4 Å². The minimum Gasteiger partial charge on any atom is -0.465 e. The smallest absolute Gasteiger partial charge is 0.339 e. The molecule has 0 aliphatic carbocycles. The van der Waals surface area contributed by atoms with Gasteiger partial charge in [0.2, 0.25) is 0 Å². The monoisotopic (exact) mass is 272 g/mol. The third-order valence-corrected chi connectivity index (χ3v) is 2.23. The number of ether oxygens (including phenoxy) is 1. The first-order chi connectivity index (χ1) is 9.53. The number of carbonyl (C=O) groups excluding carboxylic acids is 1. The van der Waals surface area contributed by atoms with Crippen LogP contribution in [0.25, 0.3) is 0 Å². The number of nitro benzene ring substituents is 1. The Morgan fingerprint density at radius 2 is 2.10 bits per heavy atom. The highest BCUT2D eigenvalue weighted by atomic mass is 16.6. The van der Waals surface area contributed by atoms with Crippen molar-refractivity contribution in [2.24, 2.45) is 0 Å². The maximum Gasteiger partial charge on any atom is 0.339 e. The second-order valence-electron chi connectivity index (χ2n) is 3.40. The van der Waals surface area contributed by atoms with Gasteiger partial charge in [0.1, 0.15) is 17.7 Å². The summed E-state index contributed by atoms with van der Waals surface area (Å²) in [5.74, 6) is -0.703. The average Bonchev–Trinajstić information content (AvgIpc) is 2.47. The third-order valence-electron chi connectivity index (χ3n) is 2.23.